The van der Waals surface area contributed by atoms with E-state index in [1.54, 1.807) is 0 Å². The Bertz CT molecular complexity index is 382. The summed E-state index contributed by atoms with van der Waals surface area (Å²) in [6, 6.07) is 0.433. The summed E-state index contributed by atoms with van der Waals surface area (Å²) in [6.07, 6.45) is 2.08. The largest absolute Gasteiger partial charge is 0.463 e. The minimum absolute atomic E-state index is 0.0279. The Morgan fingerprint density at radius 2 is 1.74 bits per heavy atom. The van der Waals surface area contributed by atoms with Gasteiger partial charge in [0.2, 0.25) is 5.95 Å². The van der Waals surface area contributed by atoms with Gasteiger partial charge in [0.25, 0.3) is 0 Å². The summed E-state index contributed by atoms with van der Waals surface area (Å²) < 4.78 is 11.0. The number of nitrogens with one attached hydrogen (secondary N) is 1. The van der Waals surface area contributed by atoms with Crippen LogP contribution in [0, 0.1) is 5.92 Å². The lowest BCUT2D eigenvalue weighted by molar-refractivity contribution is 0.200. The van der Waals surface area contributed by atoms with E-state index in [9.17, 15) is 0 Å². The van der Waals surface area contributed by atoms with Crippen molar-refractivity contribution in [3.05, 3.63) is 0 Å². The first-order valence-electron chi connectivity index (χ1n) is 6.61. The van der Waals surface area contributed by atoms with Gasteiger partial charge in [0.1, 0.15) is 0 Å². The highest BCUT2D eigenvalue weighted by molar-refractivity contribution is 5.25. The monoisotopic (exact) mass is 269 g/mol. The second-order valence-corrected chi connectivity index (χ2v) is 4.53. The number of hydrazine groups is 1. The van der Waals surface area contributed by atoms with Crippen LogP contribution in [0.4, 0.5) is 5.95 Å². The van der Waals surface area contributed by atoms with Crippen molar-refractivity contribution in [2.24, 2.45) is 11.8 Å². The molecule has 3 N–H and O–H groups in total. The van der Waals surface area contributed by atoms with Gasteiger partial charge >= 0.3 is 12.0 Å². The fourth-order valence-corrected chi connectivity index (χ4v) is 1.45. The van der Waals surface area contributed by atoms with Crippen molar-refractivity contribution in [3.8, 4) is 12.0 Å². The molecule has 0 spiro atoms. The highest BCUT2D eigenvalue weighted by Gasteiger charge is 2.11. The molecular formula is C12H23N5O2. The smallest absolute Gasteiger partial charge is 0.324 e. The molecule has 7 heteroatoms. The fraction of sp³-hybridized carbons (Fsp3) is 0.750. The molecule has 1 heterocycles. The standard InChI is InChI=1S/C12H23N5O2/c1-5-9(6-2)7-18-11-14-10(17-13)15-12(16-11)19-8(3)4/h8-9H,5-7,13H2,1-4H3,(H,14,15,16,17). The molecule has 108 valence electrons. The quantitative estimate of drug-likeness (QED) is 0.548. The molecule has 0 fully saturated rings. The second-order valence-electron chi connectivity index (χ2n) is 4.53. The van der Waals surface area contributed by atoms with Gasteiger partial charge in [0, 0.05) is 0 Å². The molecule has 0 aliphatic heterocycles. The van der Waals surface area contributed by atoms with Gasteiger partial charge in [-0.2, -0.15) is 9.97 Å². The van der Waals surface area contributed by atoms with Gasteiger partial charge in [0.05, 0.1) is 12.7 Å². The first-order chi connectivity index (χ1) is 9.08. The number of hydrogen-bond acceptors (Lipinski definition) is 7. The first-order valence-corrected chi connectivity index (χ1v) is 6.61. The lowest BCUT2D eigenvalue weighted by Gasteiger charge is -2.14. The van der Waals surface area contributed by atoms with Crippen LogP contribution in [-0.2, 0) is 0 Å². The van der Waals surface area contributed by atoms with Gasteiger partial charge < -0.3 is 9.47 Å². The summed E-state index contributed by atoms with van der Waals surface area (Å²) >= 11 is 0. The number of nitrogens with two attached hydrogens (primary N) is 1. The van der Waals surface area contributed by atoms with Crippen LogP contribution in [0.15, 0.2) is 0 Å². The minimum Gasteiger partial charge on any atom is -0.463 e. The van der Waals surface area contributed by atoms with E-state index in [4.69, 9.17) is 15.3 Å². The summed E-state index contributed by atoms with van der Waals surface area (Å²) in [7, 11) is 0. The van der Waals surface area contributed by atoms with E-state index in [2.05, 4.69) is 34.2 Å². The molecule has 0 bridgehead atoms. The van der Waals surface area contributed by atoms with Gasteiger partial charge in [-0.15, -0.1) is 4.98 Å². The van der Waals surface area contributed by atoms with Crippen LogP contribution in [0.25, 0.3) is 0 Å². The van der Waals surface area contributed by atoms with E-state index >= 15 is 0 Å². The number of nitrogen functional groups attached to an aromatic ring is 1. The van der Waals surface area contributed by atoms with Gasteiger partial charge in [-0.25, -0.2) is 5.84 Å². The molecule has 1 aromatic rings. The van der Waals surface area contributed by atoms with Crippen molar-refractivity contribution in [3.63, 3.8) is 0 Å². The third kappa shape index (κ3) is 5.25. The number of rotatable bonds is 8. The van der Waals surface area contributed by atoms with E-state index in [1.807, 2.05) is 13.8 Å². The Kier molecular flexibility index (Phi) is 6.27. The molecule has 1 aromatic heterocycles. The maximum absolute atomic E-state index is 5.58. The number of aromatic nitrogens is 3. The zero-order valence-corrected chi connectivity index (χ0v) is 12.0. The molecule has 19 heavy (non-hydrogen) atoms. The predicted octanol–water partition coefficient (Wildman–Crippen LogP) is 1.76. The van der Waals surface area contributed by atoms with Crippen LogP contribution in [-0.4, -0.2) is 27.7 Å². The van der Waals surface area contributed by atoms with Gasteiger partial charge in [0.15, 0.2) is 0 Å². The maximum Gasteiger partial charge on any atom is 0.324 e. The molecule has 7 nitrogen and oxygen atoms in total. The Balaban J connectivity index is 2.75. The normalized spacial score (nSPS) is 10.9. The summed E-state index contributed by atoms with van der Waals surface area (Å²) in [5.74, 6) is 6.03. The topological polar surface area (TPSA) is 95.2 Å². The van der Waals surface area contributed by atoms with Crippen molar-refractivity contribution in [1.82, 2.24) is 15.0 Å². The minimum atomic E-state index is -0.0279. The average Bonchev–Trinajstić information content (AvgIpc) is 2.38. The van der Waals surface area contributed by atoms with E-state index in [0.29, 0.717) is 12.5 Å². The SMILES string of the molecule is CCC(CC)COc1nc(NN)nc(OC(C)C)n1. The lowest BCUT2D eigenvalue weighted by Crippen LogP contribution is -2.17. The average molecular weight is 269 g/mol. The molecule has 0 aliphatic rings. The van der Waals surface area contributed by atoms with Crippen molar-refractivity contribution in [2.45, 2.75) is 46.6 Å². The zero-order valence-electron chi connectivity index (χ0n) is 12.0. The van der Waals surface area contributed by atoms with Gasteiger partial charge in [-0.05, 0) is 19.8 Å². The molecule has 0 atom stereocenters. The number of anilines is 1. The van der Waals surface area contributed by atoms with E-state index in [-0.39, 0.29) is 24.1 Å². The third-order valence-corrected chi connectivity index (χ3v) is 2.67. The number of nitrogens with zero attached hydrogens (tertiary/aromatic N) is 3. The van der Waals surface area contributed by atoms with E-state index in [0.717, 1.165) is 12.8 Å². The summed E-state index contributed by atoms with van der Waals surface area (Å²) in [6.45, 7) is 8.62. The zero-order chi connectivity index (χ0) is 14.3. The Morgan fingerprint density at radius 1 is 1.11 bits per heavy atom. The van der Waals surface area contributed by atoms with Crippen LogP contribution in [0.2, 0.25) is 0 Å². The molecule has 0 saturated carbocycles. The van der Waals surface area contributed by atoms with Crippen LogP contribution < -0.4 is 20.7 Å². The number of hydrogen-bond donors (Lipinski definition) is 2. The van der Waals surface area contributed by atoms with Crippen molar-refractivity contribution in [1.29, 1.82) is 0 Å². The van der Waals surface area contributed by atoms with Gasteiger partial charge in [-0.3, -0.25) is 5.43 Å². The molecule has 0 aromatic carbocycles. The molecule has 0 saturated heterocycles. The second kappa shape index (κ2) is 7.73. The molecule has 0 radical (unpaired) electrons. The van der Waals surface area contributed by atoms with Gasteiger partial charge in [-0.1, -0.05) is 26.7 Å². The number of ether oxygens (including phenoxy) is 2. The predicted molar refractivity (Wildman–Crippen MR) is 73.0 cm³/mol. The van der Waals surface area contributed by atoms with Crippen molar-refractivity contribution < 1.29 is 9.47 Å². The van der Waals surface area contributed by atoms with E-state index in [1.165, 1.54) is 0 Å². The summed E-state index contributed by atoms with van der Waals surface area (Å²) in [4.78, 5) is 12.1. The molecule has 0 amide bonds. The van der Waals surface area contributed by atoms with Crippen LogP contribution in [0.3, 0.4) is 0 Å². The van der Waals surface area contributed by atoms with Crippen molar-refractivity contribution in [2.75, 3.05) is 12.0 Å². The Hall–Kier alpha value is -1.63. The summed E-state index contributed by atoms with van der Waals surface area (Å²) in [5.41, 5.74) is 2.37. The highest BCUT2D eigenvalue weighted by Crippen LogP contribution is 2.15. The van der Waals surface area contributed by atoms with Crippen LogP contribution in [0.5, 0.6) is 12.0 Å². The van der Waals surface area contributed by atoms with Crippen molar-refractivity contribution >= 4 is 5.95 Å². The molecule has 1 rings (SSSR count). The fourth-order valence-electron chi connectivity index (χ4n) is 1.45. The molecule has 0 aliphatic carbocycles. The Labute approximate surface area is 113 Å². The lowest BCUT2D eigenvalue weighted by atomic mass is 10.1. The molecule has 0 unspecified atom stereocenters. The van der Waals surface area contributed by atoms with Crippen LogP contribution >= 0.6 is 0 Å². The van der Waals surface area contributed by atoms with Crippen LogP contribution in [0.1, 0.15) is 40.5 Å². The first kappa shape index (κ1) is 15.4. The molecular weight excluding hydrogens is 246 g/mol. The Morgan fingerprint density at radius 3 is 2.26 bits per heavy atom. The third-order valence-electron chi connectivity index (χ3n) is 2.67. The maximum atomic E-state index is 5.58. The summed E-state index contributed by atoms with van der Waals surface area (Å²) in [5, 5.41) is 0. The van der Waals surface area contributed by atoms with E-state index < -0.39 is 0 Å². The highest BCUT2D eigenvalue weighted by atomic mass is 16.5.